The van der Waals surface area contributed by atoms with Crippen LogP contribution in [0.3, 0.4) is 0 Å². The van der Waals surface area contributed by atoms with Crippen molar-refractivity contribution in [2.24, 2.45) is 0 Å². The number of rotatable bonds is 1. The van der Waals surface area contributed by atoms with Crippen molar-refractivity contribution in [3.63, 3.8) is 0 Å². The molecule has 3 aromatic rings. The molecule has 0 unspecified atom stereocenters. The number of phenolic OH excluding ortho intramolecular Hbond substituents is 4. The molecule has 0 atom stereocenters. The molecule has 0 amide bonds. The van der Waals surface area contributed by atoms with Gasteiger partial charge in [0.2, 0.25) is 0 Å². The van der Waals surface area contributed by atoms with Gasteiger partial charge in [0.05, 0.1) is 0 Å². The van der Waals surface area contributed by atoms with E-state index in [0.717, 1.165) is 0 Å². The van der Waals surface area contributed by atoms with Crippen molar-refractivity contribution in [2.45, 2.75) is 0 Å². The van der Waals surface area contributed by atoms with E-state index in [1.54, 1.807) is 24.3 Å². The molecule has 0 bridgehead atoms. The number of aromatic hydroxyl groups is 4. The SMILES string of the molecule is Oc1ccc(O)c(-c2ccc3c(O)cccc3c2O)c1. The van der Waals surface area contributed by atoms with Crippen LogP contribution in [0, 0.1) is 0 Å². The number of fused-ring (bicyclic) bond motifs is 1. The van der Waals surface area contributed by atoms with Crippen molar-refractivity contribution in [1.82, 2.24) is 0 Å². The molecule has 0 spiro atoms. The topological polar surface area (TPSA) is 80.9 Å². The molecule has 0 aliphatic heterocycles. The third-order valence-corrected chi connectivity index (χ3v) is 3.28. The number of benzene rings is 3. The molecule has 3 aromatic carbocycles. The van der Waals surface area contributed by atoms with Crippen molar-refractivity contribution >= 4 is 10.8 Å². The van der Waals surface area contributed by atoms with Crippen LogP contribution in [0.2, 0.25) is 0 Å². The minimum atomic E-state index is -0.0562. The quantitative estimate of drug-likeness (QED) is 0.510. The highest BCUT2D eigenvalue weighted by molar-refractivity contribution is 5.98. The fourth-order valence-corrected chi connectivity index (χ4v) is 2.28. The minimum absolute atomic E-state index is 0.00629. The van der Waals surface area contributed by atoms with E-state index in [2.05, 4.69) is 0 Å². The number of hydrogen-bond acceptors (Lipinski definition) is 4. The van der Waals surface area contributed by atoms with Crippen LogP contribution in [0.1, 0.15) is 0 Å². The van der Waals surface area contributed by atoms with Gasteiger partial charge < -0.3 is 20.4 Å². The Balaban J connectivity index is 2.33. The lowest BCUT2D eigenvalue weighted by Crippen LogP contribution is -1.83. The first-order valence-corrected chi connectivity index (χ1v) is 6.04. The third-order valence-electron chi connectivity index (χ3n) is 3.28. The van der Waals surface area contributed by atoms with E-state index in [-0.39, 0.29) is 23.0 Å². The van der Waals surface area contributed by atoms with Gasteiger partial charge in [-0.05, 0) is 36.4 Å². The standard InChI is InChI=1S/C16H12O4/c17-9-4-7-15(19)13(8-9)12-6-5-10-11(16(12)20)2-1-3-14(10)18/h1-8,17-20H. The molecule has 0 saturated carbocycles. The summed E-state index contributed by atoms with van der Waals surface area (Å²) in [6.45, 7) is 0. The lowest BCUT2D eigenvalue weighted by atomic mass is 9.98. The Kier molecular flexibility index (Phi) is 2.64. The van der Waals surface area contributed by atoms with Crippen LogP contribution in [-0.4, -0.2) is 20.4 Å². The molecule has 4 nitrogen and oxygen atoms in total. The van der Waals surface area contributed by atoms with Gasteiger partial charge in [-0.3, -0.25) is 0 Å². The van der Waals surface area contributed by atoms with Gasteiger partial charge in [0.1, 0.15) is 23.0 Å². The van der Waals surface area contributed by atoms with Crippen LogP contribution in [0.25, 0.3) is 21.9 Å². The molecule has 20 heavy (non-hydrogen) atoms. The van der Waals surface area contributed by atoms with Crippen LogP contribution in [0.4, 0.5) is 0 Å². The van der Waals surface area contributed by atoms with E-state index in [0.29, 0.717) is 21.9 Å². The fourth-order valence-electron chi connectivity index (χ4n) is 2.28. The fraction of sp³-hybridized carbons (Fsp3) is 0. The molecular formula is C16H12O4. The zero-order chi connectivity index (χ0) is 14.3. The van der Waals surface area contributed by atoms with Gasteiger partial charge in [0.15, 0.2) is 0 Å². The summed E-state index contributed by atoms with van der Waals surface area (Å²) >= 11 is 0. The molecule has 0 radical (unpaired) electrons. The van der Waals surface area contributed by atoms with Gasteiger partial charge >= 0.3 is 0 Å². The summed E-state index contributed by atoms with van der Waals surface area (Å²) in [4.78, 5) is 0. The van der Waals surface area contributed by atoms with Gasteiger partial charge in [0.25, 0.3) is 0 Å². The van der Waals surface area contributed by atoms with E-state index in [9.17, 15) is 20.4 Å². The summed E-state index contributed by atoms with van der Waals surface area (Å²) in [6.07, 6.45) is 0. The first kappa shape index (κ1) is 12.2. The Morgan fingerprint density at radius 3 is 2.20 bits per heavy atom. The zero-order valence-corrected chi connectivity index (χ0v) is 10.4. The molecule has 0 saturated heterocycles. The van der Waals surface area contributed by atoms with E-state index >= 15 is 0 Å². The first-order chi connectivity index (χ1) is 9.58. The first-order valence-electron chi connectivity index (χ1n) is 6.04. The van der Waals surface area contributed by atoms with Gasteiger partial charge in [0, 0.05) is 21.9 Å². The van der Waals surface area contributed by atoms with Gasteiger partial charge in [-0.1, -0.05) is 12.1 Å². The lowest BCUT2D eigenvalue weighted by molar-refractivity contribution is 0.460. The second kappa shape index (κ2) is 4.35. The van der Waals surface area contributed by atoms with Crippen molar-refractivity contribution in [1.29, 1.82) is 0 Å². The predicted molar refractivity (Wildman–Crippen MR) is 76.0 cm³/mol. The maximum atomic E-state index is 10.3. The molecule has 0 aromatic heterocycles. The van der Waals surface area contributed by atoms with Crippen LogP contribution in [-0.2, 0) is 0 Å². The largest absolute Gasteiger partial charge is 0.508 e. The van der Waals surface area contributed by atoms with Crippen molar-refractivity contribution in [3.05, 3.63) is 48.5 Å². The Labute approximate surface area is 114 Å². The van der Waals surface area contributed by atoms with E-state index < -0.39 is 0 Å². The number of phenols is 4. The second-order valence-electron chi connectivity index (χ2n) is 4.54. The maximum Gasteiger partial charge on any atom is 0.131 e. The zero-order valence-electron chi connectivity index (χ0n) is 10.4. The summed E-state index contributed by atoms with van der Waals surface area (Å²) in [6, 6.07) is 12.2. The smallest absolute Gasteiger partial charge is 0.131 e. The minimum Gasteiger partial charge on any atom is -0.508 e. The Morgan fingerprint density at radius 2 is 1.40 bits per heavy atom. The molecule has 0 aliphatic rings. The van der Waals surface area contributed by atoms with E-state index in [1.807, 2.05) is 0 Å². The molecule has 100 valence electrons. The van der Waals surface area contributed by atoms with Gasteiger partial charge in [-0.25, -0.2) is 0 Å². The summed E-state index contributed by atoms with van der Waals surface area (Å²) in [5, 5.41) is 40.5. The van der Waals surface area contributed by atoms with E-state index in [4.69, 9.17) is 0 Å². The molecule has 0 aliphatic carbocycles. The van der Waals surface area contributed by atoms with Crippen molar-refractivity contribution < 1.29 is 20.4 Å². The average molecular weight is 268 g/mol. The van der Waals surface area contributed by atoms with Gasteiger partial charge in [-0.15, -0.1) is 0 Å². The van der Waals surface area contributed by atoms with Crippen molar-refractivity contribution in [3.8, 4) is 34.1 Å². The van der Waals surface area contributed by atoms with Crippen LogP contribution in [0.5, 0.6) is 23.0 Å². The van der Waals surface area contributed by atoms with Gasteiger partial charge in [-0.2, -0.15) is 0 Å². The summed E-state index contributed by atoms with van der Waals surface area (Å²) in [7, 11) is 0. The lowest BCUT2D eigenvalue weighted by Gasteiger charge is -2.11. The highest BCUT2D eigenvalue weighted by Gasteiger charge is 2.13. The summed E-state index contributed by atoms with van der Waals surface area (Å²) in [5.74, 6) is -0.0328. The highest BCUT2D eigenvalue weighted by Crippen LogP contribution is 2.42. The molecule has 3 rings (SSSR count). The Bertz CT molecular complexity index is 809. The number of hydrogen-bond donors (Lipinski definition) is 4. The van der Waals surface area contributed by atoms with Crippen molar-refractivity contribution in [2.75, 3.05) is 0 Å². The summed E-state index contributed by atoms with van der Waals surface area (Å²) in [5.41, 5.74) is 0.712. The average Bonchev–Trinajstić information content (AvgIpc) is 2.43. The normalized spacial score (nSPS) is 10.8. The molecule has 4 heteroatoms. The molecule has 0 heterocycles. The van der Waals surface area contributed by atoms with Crippen LogP contribution < -0.4 is 0 Å². The Hall–Kier alpha value is -2.88. The van der Waals surface area contributed by atoms with Crippen LogP contribution >= 0.6 is 0 Å². The summed E-state index contributed by atoms with van der Waals surface area (Å²) < 4.78 is 0. The molecular weight excluding hydrogens is 256 g/mol. The van der Waals surface area contributed by atoms with Crippen LogP contribution in [0.15, 0.2) is 48.5 Å². The highest BCUT2D eigenvalue weighted by atomic mass is 16.3. The van der Waals surface area contributed by atoms with E-state index in [1.165, 1.54) is 24.3 Å². The Morgan fingerprint density at radius 1 is 0.600 bits per heavy atom. The third kappa shape index (κ3) is 1.78. The maximum absolute atomic E-state index is 10.3. The second-order valence-corrected chi connectivity index (χ2v) is 4.54. The monoisotopic (exact) mass is 268 g/mol. The molecule has 4 N–H and O–H groups in total. The molecule has 0 fully saturated rings. The predicted octanol–water partition coefficient (Wildman–Crippen LogP) is 3.33.